The third-order valence-corrected chi connectivity index (χ3v) is 8.38. The van der Waals surface area contributed by atoms with Crippen LogP contribution in [0.25, 0.3) is 0 Å². The number of non-ortho nitro benzene ring substituents is 1. The second kappa shape index (κ2) is 7.10. The lowest BCUT2D eigenvalue weighted by atomic mass is 9.42. The molecule has 1 aromatic rings. The van der Waals surface area contributed by atoms with Crippen LogP contribution in [0, 0.1) is 27.4 Å². The van der Waals surface area contributed by atoms with Crippen molar-refractivity contribution >= 4 is 11.6 Å². The standard InChI is InChI=1S/C24H32N2O3/c27-22(25-20-4-2-1-3-5-20)15-23-11-17-10-18(12-23)14-24(13-17,16-23)19-6-8-21(9-7-19)26(28)29/h6-9,17-18,20H,1-5,10-16H2,(H,25,27)/t17-,18+,23?,24?. The molecule has 1 aromatic carbocycles. The van der Waals surface area contributed by atoms with E-state index in [1.54, 1.807) is 12.1 Å². The van der Waals surface area contributed by atoms with Gasteiger partial charge in [0.1, 0.15) is 0 Å². The lowest BCUT2D eigenvalue weighted by molar-refractivity contribution is -0.384. The number of nitrogens with one attached hydrogen (secondary N) is 1. The molecule has 0 aliphatic heterocycles. The maximum absolute atomic E-state index is 13.0. The van der Waals surface area contributed by atoms with Gasteiger partial charge in [-0.15, -0.1) is 0 Å². The summed E-state index contributed by atoms with van der Waals surface area (Å²) >= 11 is 0. The van der Waals surface area contributed by atoms with Crippen molar-refractivity contribution in [3.8, 4) is 0 Å². The number of nitrogens with zero attached hydrogens (tertiary/aromatic N) is 1. The average molecular weight is 397 g/mol. The molecule has 0 radical (unpaired) electrons. The van der Waals surface area contributed by atoms with Crippen LogP contribution in [0.15, 0.2) is 24.3 Å². The fourth-order valence-electron chi connectivity index (χ4n) is 7.80. The van der Waals surface area contributed by atoms with Crippen molar-refractivity contribution in [3.63, 3.8) is 0 Å². The predicted molar refractivity (Wildman–Crippen MR) is 112 cm³/mol. The number of hydrogen-bond acceptors (Lipinski definition) is 3. The van der Waals surface area contributed by atoms with E-state index in [1.807, 2.05) is 12.1 Å². The van der Waals surface area contributed by atoms with Crippen LogP contribution in [0.3, 0.4) is 0 Å². The minimum absolute atomic E-state index is 0.115. The van der Waals surface area contributed by atoms with Crippen LogP contribution in [0.1, 0.15) is 82.6 Å². The fourth-order valence-corrected chi connectivity index (χ4v) is 7.80. The molecule has 5 aliphatic carbocycles. The first-order valence-corrected chi connectivity index (χ1v) is 11.5. The van der Waals surface area contributed by atoms with Crippen molar-refractivity contribution in [1.29, 1.82) is 0 Å². The first-order valence-electron chi connectivity index (χ1n) is 11.5. The molecular formula is C24H32N2O3. The van der Waals surface area contributed by atoms with E-state index in [2.05, 4.69) is 5.32 Å². The van der Waals surface area contributed by atoms with Gasteiger partial charge in [-0.2, -0.15) is 0 Å². The number of amides is 1. The van der Waals surface area contributed by atoms with Gasteiger partial charge in [0.05, 0.1) is 4.92 Å². The van der Waals surface area contributed by atoms with E-state index in [9.17, 15) is 14.9 Å². The zero-order chi connectivity index (χ0) is 20.1. The molecular weight excluding hydrogens is 364 g/mol. The van der Waals surface area contributed by atoms with E-state index in [-0.39, 0.29) is 27.3 Å². The molecule has 6 rings (SSSR count). The molecule has 5 nitrogen and oxygen atoms in total. The molecule has 29 heavy (non-hydrogen) atoms. The molecule has 0 saturated heterocycles. The van der Waals surface area contributed by atoms with Gasteiger partial charge in [-0.25, -0.2) is 0 Å². The minimum atomic E-state index is -0.319. The van der Waals surface area contributed by atoms with E-state index in [1.165, 1.54) is 56.9 Å². The van der Waals surface area contributed by atoms with Crippen molar-refractivity contribution in [2.45, 2.75) is 88.5 Å². The Hall–Kier alpha value is -1.91. The van der Waals surface area contributed by atoms with E-state index >= 15 is 0 Å². The molecule has 0 spiro atoms. The van der Waals surface area contributed by atoms with Gasteiger partial charge < -0.3 is 5.32 Å². The molecule has 5 fully saturated rings. The van der Waals surface area contributed by atoms with E-state index in [0.29, 0.717) is 24.3 Å². The number of carbonyl (C=O) groups excluding carboxylic acids is 1. The molecule has 4 atom stereocenters. The summed E-state index contributed by atoms with van der Waals surface area (Å²) in [5.74, 6) is 1.67. The zero-order valence-electron chi connectivity index (χ0n) is 17.2. The normalized spacial score (nSPS) is 36.1. The quantitative estimate of drug-likeness (QED) is 0.544. The van der Waals surface area contributed by atoms with Gasteiger partial charge in [-0.1, -0.05) is 31.4 Å². The summed E-state index contributed by atoms with van der Waals surface area (Å²) in [4.78, 5) is 23.7. The molecule has 1 amide bonds. The summed E-state index contributed by atoms with van der Waals surface area (Å²) in [5, 5.41) is 14.4. The van der Waals surface area contributed by atoms with Gasteiger partial charge in [-0.3, -0.25) is 14.9 Å². The Kier molecular flexibility index (Phi) is 4.67. The van der Waals surface area contributed by atoms with Crippen molar-refractivity contribution in [1.82, 2.24) is 5.32 Å². The smallest absolute Gasteiger partial charge is 0.269 e. The number of carbonyl (C=O) groups is 1. The number of rotatable bonds is 5. The largest absolute Gasteiger partial charge is 0.353 e. The van der Waals surface area contributed by atoms with Gasteiger partial charge in [0.25, 0.3) is 5.69 Å². The van der Waals surface area contributed by atoms with Crippen molar-refractivity contribution in [2.75, 3.05) is 0 Å². The number of benzene rings is 1. The molecule has 4 bridgehead atoms. The van der Waals surface area contributed by atoms with Crippen LogP contribution < -0.4 is 5.32 Å². The number of nitro groups is 1. The minimum Gasteiger partial charge on any atom is -0.353 e. The first kappa shape index (κ1) is 19.1. The third kappa shape index (κ3) is 3.57. The maximum atomic E-state index is 13.0. The van der Waals surface area contributed by atoms with Gasteiger partial charge in [0, 0.05) is 24.6 Å². The summed E-state index contributed by atoms with van der Waals surface area (Å²) in [5.41, 5.74) is 1.67. The van der Waals surface area contributed by atoms with Gasteiger partial charge in [0.15, 0.2) is 0 Å². The fraction of sp³-hybridized carbons (Fsp3) is 0.708. The molecule has 0 aromatic heterocycles. The van der Waals surface area contributed by atoms with Crippen LogP contribution in [-0.4, -0.2) is 16.9 Å². The Bertz CT molecular complexity index is 783. The lowest BCUT2D eigenvalue weighted by Gasteiger charge is -2.62. The Morgan fingerprint density at radius 1 is 1.03 bits per heavy atom. The average Bonchev–Trinajstić information content (AvgIpc) is 2.67. The van der Waals surface area contributed by atoms with Gasteiger partial charge in [-0.05, 0) is 79.6 Å². The Morgan fingerprint density at radius 3 is 2.31 bits per heavy atom. The lowest BCUT2D eigenvalue weighted by Crippen LogP contribution is -2.55. The monoisotopic (exact) mass is 396 g/mol. The van der Waals surface area contributed by atoms with E-state index in [4.69, 9.17) is 0 Å². The van der Waals surface area contributed by atoms with E-state index in [0.717, 1.165) is 19.3 Å². The highest BCUT2D eigenvalue weighted by Gasteiger charge is 2.58. The van der Waals surface area contributed by atoms with Crippen molar-refractivity contribution in [2.24, 2.45) is 17.3 Å². The Labute approximate surface area is 172 Å². The number of nitro benzene ring substituents is 1. The van der Waals surface area contributed by atoms with Crippen molar-refractivity contribution in [3.05, 3.63) is 39.9 Å². The molecule has 156 valence electrons. The summed E-state index contributed by atoms with van der Waals surface area (Å²) in [6, 6.07) is 7.68. The van der Waals surface area contributed by atoms with Crippen LogP contribution in [0.5, 0.6) is 0 Å². The number of hydrogen-bond donors (Lipinski definition) is 1. The summed E-state index contributed by atoms with van der Waals surface area (Å²) < 4.78 is 0. The summed E-state index contributed by atoms with van der Waals surface area (Å²) in [6.45, 7) is 0. The second-order valence-corrected chi connectivity index (χ2v) is 10.6. The summed E-state index contributed by atoms with van der Waals surface area (Å²) in [7, 11) is 0. The third-order valence-electron chi connectivity index (χ3n) is 8.38. The van der Waals surface area contributed by atoms with Gasteiger partial charge in [0.2, 0.25) is 5.91 Å². The first-order chi connectivity index (χ1) is 14.0. The van der Waals surface area contributed by atoms with Gasteiger partial charge >= 0.3 is 0 Å². The molecule has 5 aliphatic rings. The highest BCUT2D eigenvalue weighted by molar-refractivity contribution is 5.77. The van der Waals surface area contributed by atoms with Crippen LogP contribution >= 0.6 is 0 Å². The highest BCUT2D eigenvalue weighted by Crippen LogP contribution is 2.66. The molecule has 5 heteroatoms. The molecule has 1 N–H and O–H groups in total. The summed E-state index contributed by atoms with van der Waals surface area (Å²) in [6.07, 6.45) is 13.9. The molecule has 0 heterocycles. The molecule has 5 saturated carbocycles. The Morgan fingerprint density at radius 2 is 1.69 bits per heavy atom. The highest BCUT2D eigenvalue weighted by atomic mass is 16.6. The zero-order valence-corrected chi connectivity index (χ0v) is 17.2. The van der Waals surface area contributed by atoms with Crippen LogP contribution in [-0.2, 0) is 10.2 Å². The Balaban J connectivity index is 1.35. The van der Waals surface area contributed by atoms with E-state index < -0.39 is 0 Å². The van der Waals surface area contributed by atoms with Crippen molar-refractivity contribution < 1.29 is 9.72 Å². The predicted octanol–water partition coefficient (Wildman–Crippen LogP) is 5.27. The van der Waals surface area contributed by atoms with Crippen LogP contribution in [0.2, 0.25) is 0 Å². The molecule has 2 unspecified atom stereocenters. The van der Waals surface area contributed by atoms with Crippen LogP contribution in [0.4, 0.5) is 5.69 Å². The topological polar surface area (TPSA) is 72.2 Å². The second-order valence-electron chi connectivity index (χ2n) is 10.6. The maximum Gasteiger partial charge on any atom is 0.269 e. The SMILES string of the molecule is O=C(CC12C[C@H]3C[C@@H](C1)CC(c1ccc([N+](=O)[O-])cc1)(C3)C2)NC1CCCCC1.